The molecule has 0 radical (unpaired) electrons. The zero-order valence-corrected chi connectivity index (χ0v) is 10.0. The Morgan fingerprint density at radius 2 is 2.06 bits per heavy atom. The summed E-state index contributed by atoms with van der Waals surface area (Å²) in [4.78, 5) is 21.8. The molecule has 0 aromatic heterocycles. The molecule has 1 aromatic carbocycles. The van der Waals surface area contributed by atoms with Crippen molar-refractivity contribution in [3.05, 3.63) is 35.1 Å². The lowest BCUT2D eigenvalue weighted by molar-refractivity contribution is 0.165. The van der Waals surface area contributed by atoms with Crippen molar-refractivity contribution in [3.8, 4) is 0 Å². The van der Waals surface area contributed by atoms with Gasteiger partial charge in [0.1, 0.15) is 5.82 Å². The van der Waals surface area contributed by atoms with Gasteiger partial charge in [0.2, 0.25) is 0 Å². The van der Waals surface area contributed by atoms with Crippen LogP contribution in [-0.4, -0.2) is 19.2 Å². The maximum absolute atomic E-state index is 13.2. The molecule has 0 aliphatic carbocycles. The third kappa shape index (κ3) is 4.28. The van der Waals surface area contributed by atoms with Crippen molar-refractivity contribution >= 4 is 12.1 Å². The third-order valence-electron chi connectivity index (χ3n) is 2.15. The second kappa shape index (κ2) is 6.43. The van der Waals surface area contributed by atoms with Crippen molar-refractivity contribution < 1.29 is 18.7 Å². The van der Waals surface area contributed by atoms with Crippen LogP contribution in [0.25, 0.3) is 0 Å². The summed E-state index contributed by atoms with van der Waals surface area (Å²) in [6.45, 7) is 1.80. The Morgan fingerprint density at radius 1 is 1.33 bits per heavy atom. The minimum Gasteiger partial charge on any atom is -0.452 e. The third-order valence-corrected chi connectivity index (χ3v) is 2.15. The van der Waals surface area contributed by atoms with Gasteiger partial charge in [-0.15, -0.1) is 0 Å². The van der Waals surface area contributed by atoms with Crippen molar-refractivity contribution in [2.24, 2.45) is 0 Å². The minimum absolute atomic E-state index is 0.145. The molecule has 18 heavy (non-hydrogen) atoms. The van der Waals surface area contributed by atoms with Gasteiger partial charge in [0, 0.05) is 6.54 Å². The first kappa shape index (κ1) is 13.8. The Morgan fingerprint density at radius 3 is 2.67 bits per heavy atom. The normalized spacial score (nSPS) is 9.50. The fraction of sp³-hybridized carbons (Fsp3) is 0.273. The number of halogens is 1. The number of methoxy groups -OCH3 is 1. The Labute approximate surface area is 103 Å². The number of nitrogens with one attached hydrogen (secondary N) is 3. The highest BCUT2D eigenvalue weighted by molar-refractivity contribution is 5.77. The van der Waals surface area contributed by atoms with E-state index in [0.29, 0.717) is 11.1 Å². The van der Waals surface area contributed by atoms with Crippen LogP contribution in [0.5, 0.6) is 0 Å². The first-order valence-electron chi connectivity index (χ1n) is 5.15. The second-order valence-electron chi connectivity index (χ2n) is 3.51. The number of rotatable bonds is 2. The van der Waals surface area contributed by atoms with Crippen molar-refractivity contribution in [1.82, 2.24) is 16.2 Å². The van der Waals surface area contributed by atoms with Gasteiger partial charge in [-0.3, -0.25) is 0 Å². The average Bonchev–Trinajstić information content (AvgIpc) is 2.37. The number of aryl methyl sites for hydroxylation is 1. The lowest BCUT2D eigenvalue weighted by Crippen LogP contribution is -2.46. The first-order chi connectivity index (χ1) is 8.52. The molecule has 0 fully saturated rings. The monoisotopic (exact) mass is 255 g/mol. The highest BCUT2D eigenvalue weighted by atomic mass is 19.1. The predicted molar refractivity (Wildman–Crippen MR) is 62.0 cm³/mol. The zero-order chi connectivity index (χ0) is 13.5. The van der Waals surface area contributed by atoms with E-state index >= 15 is 0 Å². The van der Waals surface area contributed by atoms with Gasteiger partial charge in [0.15, 0.2) is 0 Å². The van der Waals surface area contributed by atoms with Crippen LogP contribution in [0.3, 0.4) is 0 Å². The maximum atomic E-state index is 13.2. The Bertz CT molecular complexity index is 451. The SMILES string of the molecule is COC(=O)NNC(=O)NCc1ccc(C)c(F)c1. The largest absolute Gasteiger partial charge is 0.452 e. The van der Waals surface area contributed by atoms with Crippen LogP contribution in [0, 0.1) is 12.7 Å². The van der Waals surface area contributed by atoms with Crippen LogP contribution in [0.15, 0.2) is 18.2 Å². The molecular formula is C11H14FN3O3. The van der Waals surface area contributed by atoms with Crippen LogP contribution < -0.4 is 16.2 Å². The number of ether oxygens (including phenoxy) is 1. The molecule has 7 heteroatoms. The average molecular weight is 255 g/mol. The molecule has 1 rings (SSSR count). The van der Waals surface area contributed by atoms with Crippen molar-refractivity contribution in [2.75, 3.05) is 7.11 Å². The Hall–Kier alpha value is -2.31. The highest BCUT2D eigenvalue weighted by Crippen LogP contribution is 2.08. The standard InChI is InChI=1S/C11H14FN3O3/c1-7-3-4-8(5-9(7)12)6-13-10(16)14-15-11(17)18-2/h3-5H,6H2,1-2H3,(H,15,17)(H2,13,14,16). The molecule has 3 N–H and O–H groups in total. The molecule has 0 spiro atoms. The van der Waals surface area contributed by atoms with E-state index in [1.165, 1.54) is 13.2 Å². The van der Waals surface area contributed by atoms with Gasteiger partial charge >= 0.3 is 12.1 Å². The fourth-order valence-corrected chi connectivity index (χ4v) is 1.13. The predicted octanol–water partition coefficient (Wildman–Crippen LogP) is 1.20. The lowest BCUT2D eigenvalue weighted by Gasteiger charge is -2.08. The molecule has 98 valence electrons. The van der Waals surface area contributed by atoms with Crippen molar-refractivity contribution in [2.45, 2.75) is 13.5 Å². The second-order valence-corrected chi connectivity index (χ2v) is 3.51. The molecule has 1 aromatic rings. The number of carbonyl (C=O) groups is 2. The summed E-state index contributed by atoms with van der Waals surface area (Å²) in [6.07, 6.45) is -0.786. The Kier molecular flexibility index (Phi) is 4.91. The van der Waals surface area contributed by atoms with Crippen LogP contribution in [-0.2, 0) is 11.3 Å². The van der Waals surface area contributed by atoms with Crippen LogP contribution in [0.2, 0.25) is 0 Å². The molecule has 0 aliphatic rings. The number of hydrazine groups is 1. The number of urea groups is 1. The number of hydrogen-bond donors (Lipinski definition) is 3. The summed E-state index contributed by atoms with van der Waals surface area (Å²) in [5.41, 5.74) is 5.21. The molecule has 0 aliphatic heterocycles. The van der Waals surface area contributed by atoms with E-state index in [2.05, 4.69) is 15.5 Å². The molecule has 0 saturated heterocycles. The van der Waals surface area contributed by atoms with E-state index < -0.39 is 12.1 Å². The van der Waals surface area contributed by atoms with Crippen molar-refractivity contribution in [1.29, 1.82) is 0 Å². The van der Waals surface area contributed by atoms with E-state index in [1.54, 1.807) is 19.1 Å². The van der Waals surface area contributed by atoms with Gasteiger partial charge in [0.05, 0.1) is 7.11 Å². The highest BCUT2D eigenvalue weighted by Gasteiger charge is 2.04. The van der Waals surface area contributed by atoms with E-state index in [9.17, 15) is 14.0 Å². The Balaban J connectivity index is 2.38. The van der Waals surface area contributed by atoms with E-state index in [-0.39, 0.29) is 12.4 Å². The summed E-state index contributed by atoms with van der Waals surface area (Å²) in [6, 6.07) is 4.04. The smallest absolute Gasteiger partial charge is 0.425 e. The van der Waals surface area contributed by atoms with Crippen molar-refractivity contribution in [3.63, 3.8) is 0 Å². The topological polar surface area (TPSA) is 79.5 Å². The molecule has 0 saturated carbocycles. The summed E-state index contributed by atoms with van der Waals surface area (Å²) in [7, 11) is 1.17. The van der Waals surface area contributed by atoms with Crippen LogP contribution >= 0.6 is 0 Å². The van der Waals surface area contributed by atoms with E-state index in [0.717, 1.165) is 0 Å². The summed E-state index contributed by atoms with van der Waals surface area (Å²) < 4.78 is 17.5. The minimum atomic E-state index is -0.786. The van der Waals surface area contributed by atoms with Gasteiger partial charge in [-0.25, -0.2) is 24.8 Å². The quantitative estimate of drug-likeness (QED) is 0.695. The molecule has 3 amide bonds. The van der Waals surface area contributed by atoms with Crippen LogP contribution in [0.4, 0.5) is 14.0 Å². The first-order valence-corrected chi connectivity index (χ1v) is 5.15. The molecule has 0 unspecified atom stereocenters. The van der Waals surface area contributed by atoms with Gasteiger partial charge in [-0.05, 0) is 24.1 Å². The summed E-state index contributed by atoms with van der Waals surface area (Å²) in [5, 5.41) is 2.44. The molecule has 6 nitrogen and oxygen atoms in total. The van der Waals surface area contributed by atoms with Gasteiger partial charge < -0.3 is 10.1 Å². The molecule has 0 bridgehead atoms. The molecule has 0 heterocycles. The molecule has 0 atom stereocenters. The van der Waals surface area contributed by atoms with Gasteiger partial charge in [0.25, 0.3) is 0 Å². The van der Waals surface area contributed by atoms with Gasteiger partial charge in [-0.2, -0.15) is 0 Å². The molecular weight excluding hydrogens is 241 g/mol. The van der Waals surface area contributed by atoms with Crippen LogP contribution in [0.1, 0.15) is 11.1 Å². The number of carbonyl (C=O) groups excluding carboxylic acids is 2. The maximum Gasteiger partial charge on any atom is 0.425 e. The number of amides is 3. The van der Waals surface area contributed by atoms with E-state index in [4.69, 9.17) is 0 Å². The zero-order valence-electron chi connectivity index (χ0n) is 10.0. The summed E-state index contributed by atoms with van der Waals surface area (Å²) >= 11 is 0. The van der Waals surface area contributed by atoms with Gasteiger partial charge in [-0.1, -0.05) is 12.1 Å². The lowest BCUT2D eigenvalue weighted by atomic mass is 10.1. The summed E-state index contributed by atoms with van der Waals surface area (Å²) in [5.74, 6) is -0.331. The van der Waals surface area contributed by atoms with E-state index in [1.807, 2.05) is 5.43 Å². The number of hydrogen-bond acceptors (Lipinski definition) is 3. The fourth-order valence-electron chi connectivity index (χ4n) is 1.13. The number of benzene rings is 1.